The minimum absolute atomic E-state index is 0.0602. The van der Waals surface area contributed by atoms with Gasteiger partial charge in [0.1, 0.15) is 10.7 Å². The average molecular weight is 335 g/mol. The van der Waals surface area contributed by atoms with Crippen LogP contribution in [0.15, 0.2) is 46.9 Å². The molecule has 6 nitrogen and oxygen atoms in total. The van der Waals surface area contributed by atoms with Crippen molar-refractivity contribution in [3.05, 3.63) is 42.0 Å². The van der Waals surface area contributed by atoms with Gasteiger partial charge in [0.25, 0.3) is 10.0 Å². The van der Waals surface area contributed by atoms with Gasteiger partial charge in [-0.2, -0.15) is 0 Å². The lowest BCUT2D eigenvalue weighted by Gasteiger charge is -2.08. The zero-order valence-electron chi connectivity index (χ0n) is 11.7. The summed E-state index contributed by atoms with van der Waals surface area (Å²) in [6.07, 6.45) is 2.84. The lowest BCUT2D eigenvalue weighted by Crippen LogP contribution is -2.14. The van der Waals surface area contributed by atoms with Crippen molar-refractivity contribution >= 4 is 37.3 Å². The van der Waals surface area contributed by atoms with Crippen LogP contribution in [0, 0.1) is 0 Å². The number of pyridine rings is 2. The quantitative estimate of drug-likeness (QED) is 0.775. The molecule has 0 amide bonds. The number of hydrogen-bond acceptors (Lipinski definition) is 6. The van der Waals surface area contributed by atoms with E-state index in [4.69, 9.17) is 4.74 Å². The normalized spacial score (nSPS) is 11.5. The first kappa shape index (κ1) is 14.7. The Morgan fingerprint density at radius 2 is 2.09 bits per heavy atom. The van der Waals surface area contributed by atoms with Gasteiger partial charge in [-0.05, 0) is 30.5 Å². The highest BCUT2D eigenvalue weighted by Gasteiger charge is 2.17. The van der Waals surface area contributed by atoms with Crippen molar-refractivity contribution in [1.82, 2.24) is 9.97 Å². The maximum absolute atomic E-state index is 12.4. The third-order valence-corrected chi connectivity index (χ3v) is 5.13. The number of nitrogens with zero attached hydrogens (tertiary/aromatic N) is 2. The molecule has 3 heterocycles. The van der Waals surface area contributed by atoms with Gasteiger partial charge in [0.2, 0.25) is 5.88 Å². The first-order chi connectivity index (χ1) is 10.6. The molecule has 0 atom stereocenters. The summed E-state index contributed by atoms with van der Waals surface area (Å²) < 4.78 is 33.5. The van der Waals surface area contributed by atoms with E-state index in [9.17, 15) is 8.42 Å². The summed E-state index contributed by atoms with van der Waals surface area (Å²) in [4.78, 5) is 8.14. The number of ether oxygens (including phenoxy) is 1. The number of rotatable bonds is 5. The summed E-state index contributed by atoms with van der Waals surface area (Å²) in [6.45, 7) is 2.31. The fourth-order valence-corrected chi connectivity index (χ4v) is 3.68. The Bertz CT molecular complexity index is 889. The Morgan fingerprint density at radius 3 is 2.82 bits per heavy atom. The Morgan fingerprint density at radius 1 is 1.23 bits per heavy atom. The van der Waals surface area contributed by atoms with Crippen molar-refractivity contribution < 1.29 is 13.2 Å². The third kappa shape index (κ3) is 2.88. The molecular weight excluding hydrogens is 322 g/mol. The van der Waals surface area contributed by atoms with E-state index >= 15 is 0 Å². The SMILES string of the molecule is CCOc1ccc(S(=O)(=O)Nc2nccc3sccc23)cn1. The van der Waals surface area contributed by atoms with Crippen LogP contribution >= 0.6 is 11.3 Å². The first-order valence-electron chi connectivity index (χ1n) is 6.54. The van der Waals surface area contributed by atoms with Gasteiger partial charge >= 0.3 is 0 Å². The molecule has 114 valence electrons. The summed E-state index contributed by atoms with van der Waals surface area (Å²) in [5.74, 6) is 0.701. The largest absolute Gasteiger partial charge is 0.478 e. The van der Waals surface area contributed by atoms with Crippen LogP contribution in [0.3, 0.4) is 0 Å². The lowest BCUT2D eigenvalue weighted by atomic mass is 10.3. The molecule has 0 bridgehead atoms. The fraction of sp³-hybridized carbons (Fsp3) is 0.143. The molecule has 0 aliphatic carbocycles. The molecule has 0 radical (unpaired) electrons. The van der Waals surface area contributed by atoms with E-state index in [1.165, 1.54) is 29.7 Å². The number of hydrogen-bond donors (Lipinski definition) is 1. The number of sulfonamides is 1. The fourth-order valence-electron chi connectivity index (χ4n) is 1.92. The van der Waals surface area contributed by atoms with Crippen LogP contribution in [0.2, 0.25) is 0 Å². The van der Waals surface area contributed by atoms with Crippen LogP contribution in [0.1, 0.15) is 6.92 Å². The Balaban J connectivity index is 1.91. The van der Waals surface area contributed by atoms with Gasteiger partial charge in [-0.1, -0.05) is 0 Å². The van der Waals surface area contributed by atoms with Crippen LogP contribution < -0.4 is 9.46 Å². The molecule has 0 fully saturated rings. The zero-order valence-corrected chi connectivity index (χ0v) is 13.3. The van der Waals surface area contributed by atoms with Crippen LogP contribution in [0.25, 0.3) is 10.1 Å². The number of thiophene rings is 1. The van der Waals surface area contributed by atoms with E-state index in [0.717, 1.165) is 10.1 Å². The second-order valence-corrected chi connectivity index (χ2v) is 6.99. The van der Waals surface area contributed by atoms with Gasteiger partial charge in [-0.25, -0.2) is 18.4 Å². The first-order valence-corrected chi connectivity index (χ1v) is 8.90. The zero-order chi connectivity index (χ0) is 15.6. The highest BCUT2D eigenvalue weighted by Crippen LogP contribution is 2.27. The number of fused-ring (bicyclic) bond motifs is 1. The number of anilines is 1. The minimum Gasteiger partial charge on any atom is -0.478 e. The van der Waals surface area contributed by atoms with Gasteiger partial charge in [0.15, 0.2) is 0 Å². The molecule has 0 aliphatic heterocycles. The molecule has 3 aromatic heterocycles. The van der Waals surface area contributed by atoms with Gasteiger partial charge < -0.3 is 4.74 Å². The average Bonchev–Trinajstić information content (AvgIpc) is 2.97. The summed E-state index contributed by atoms with van der Waals surface area (Å²) >= 11 is 1.53. The van der Waals surface area contributed by atoms with Crippen LogP contribution in [-0.2, 0) is 10.0 Å². The van der Waals surface area contributed by atoms with Gasteiger partial charge in [0.05, 0.1) is 12.8 Å². The molecule has 0 aliphatic rings. The maximum atomic E-state index is 12.4. The van der Waals surface area contributed by atoms with Gasteiger partial charge in [0, 0.05) is 22.3 Å². The van der Waals surface area contributed by atoms with Crippen molar-refractivity contribution in [3.8, 4) is 5.88 Å². The van der Waals surface area contributed by atoms with E-state index in [1.807, 2.05) is 24.4 Å². The monoisotopic (exact) mass is 335 g/mol. The molecule has 1 N–H and O–H groups in total. The van der Waals surface area contributed by atoms with Crippen LogP contribution in [0.5, 0.6) is 5.88 Å². The van der Waals surface area contributed by atoms with Crippen molar-refractivity contribution in [1.29, 1.82) is 0 Å². The summed E-state index contributed by atoms with van der Waals surface area (Å²) in [5.41, 5.74) is 0. The molecule has 0 unspecified atom stereocenters. The minimum atomic E-state index is -3.74. The highest BCUT2D eigenvalue weighted by molar-refractivity contribution is 7.92. The number of aromatic nitrogens is 2. The summed E-state index contributed by atoms with van der Waals surface area (Å²) in [7, 11) is -3.74. The molecule has 0 spiro atoms. The van der Waals surface area contributed by atoms with Crippen LogP contribution in [0.4, 0.5) is 5.82 Å². The molecule has 3 aromatic rings. The molecule has 8 heteroatoms. The summed E-state index contributed by atoms with van der Waals surface area (Å²) in [6, 6.07) is 6.66. The van der Waals surface area contributed by atoms with Crippen molar-refractivity contribution in [3.63, 3.8) is 0 Å². The molecular formula is C14H13N3O3S2. The second kappa shape index (κ2) is 5.90. The Hall–Kier alpha value is -2.19. The highest BCUT2D eigenvalue weighted by atomic mass is 32.2. The molecule has 3 rings (SSSR count). The maximum Gasteiger partial charge on any atom is 0.264 e. The molecule has 0 aromatic carbocycles. The van der Waals surface area contributed by atoms with E-state index in [1.54, 1.807) is 6.20 Å². The Kier molecular flexibility index (Phi) is 3.95. The van der Waals surface area contributed by atoms with Crippen molar-refractivity contribution in [2.75, 3.05) is 11.3 Å². The molecule has 0 saturated carbocycles. The van der Waals surface area contributed by atoms with E-state index in [-0.39, 0.29) is 4.90 Å². The van der Waals surface area contributed by atoms with E-state index in [2.05, 4.69) is 14.7 Å². The standard InChI is InChI=1S/C14H13N3O3S2/c1-2-20-13-4-3-10(9-16-13)22(18,19)17-14-11-6-8-21-12(11)5-7-15-14/h3-9H,2H2,1H3,(H,15,17). The van der Waals surface area contributed by atoms with E-state index < -0.39 is 10.0 Å². The van der Waals surface area contributed by atoms with Crippen molar-refractivity contribution in [2.24, 2.45) is 0 Å². The lowest BCUT2D eigenvalue weighted by molar-refractivity contribution is 0.326. The molecule has 0 saturated heterocycles. The van der Waals surface area contributed by atoms with E-state index in [0.29, 0.717) is 18.3 Å². The third-order valence-electron chi connectivity index (χ3n) is 2.92. The van der Waals surface area contributed by atoms with Gasteiger partial charge in [-0.3, -0.25) is 4.72 Å². The smallest absolute Gasteiger partial charge is 0.264 e. The van der Waals surface area contributed by atoms with Gasteiger partial charge in [-0.15, -0.1) is 11.3 Å². The number of nitrogens with one attached hydrogen (secondary N) is 1. The molecule has 22 heavy (non-hydrogen) atoms. The summed E-state index contributed by atoms with van der Waals surface area (Å²) in [5, 5.41) is 2.66. The predicted molar refractivity (Wildman–Crippen MR) is 85.8 cm³/mol. The predicted octanol–water partition coefficient (Wildman–Crippen LogP) is 2.89. The van der Waals surface area contributed by atoms with Crippen LogP contribution in [-0.4, -0.2) is 25.0 Å². The second-order valence-electron chi connectivity index (χ2n) is 4.36. The topological polar surface area (TPSA) is 81.2 Å². The Labute approximate surface area is 131 Å². The van der Waals surface area contributed by atoms with Crippen molar-refractivity contribution in [2.45, 2.75) is 11.8 Å².